The lowest BCUT2D eigenvalue weighted by atomic mass is 10.2. The highest BCUT2D eigenvalue weighted by Crippen LogP contribution is 2.22. The molecule has 3 rings (SSSR count). The second-order valence-electron chi connectivity index (χ2n) is 5.62. The third-order valence-corrected chi connectivity index (χ3v) is 4.06. The quantitative estimate of drug-likeness (QED) is 0.946. The molecule has 2 aromatic rings. The average Bonchev–Trinajstić information content (AvgIpc) is 3.20. The molecule has 23 heavy (non-hydrogen) atoms. The van der Waals surface area contributed by atoms with Crippen molar-refractivity contribution < 1.29 is 14.0 Å². The minimum Gasteiger partial charge on any atom is -0.331 e. The van der Waals surface area contributed by atoms with Crippen LogP contribution in [0.15, 0.2) is 42.7 Å². The van der Waals surface area contributed by atoms with Crippen LogP contribution in [-0.4, -0.2) is 33.9 Å². The SMILES string of the molecule is CC(=O)N1CCC[C@@H]1C(=O)Nc1ccc(F)c(-n2cccc2)c1. The topological polar surface area (TPSA) is 54.3 Å². The van der Waals surface area contributed by atoms with Crippen LogP contribution in [0.4, 0.5) is 10.1 Å². The van der Waals surface area contributed by atoms with E-state index in [4.69, 9.17) is 0 Å². The van der Waals surface area contributed by atoms with E-state index in [2.05, 4.69) is 5.32 Å². The molecule has 1 atom stereocenters. The molecule has 5 nitrogen and oxygen atoms in total. The average molecular weight is 315 g/mol. The monoisotopic (exact) mass is 315 g/mol. The number of hydrogen-bond donors (Lipinski definition) is 1. The van der Waals surface area contributed by atoms with Gasteiger partial charge in [0, 0.05) is 31.5 Å². The van der Waals surface area contributed by atoms with Crippen LogP contribution in [-0.2, 0) is 9.59 Å². The fourth-order valence-corrected chi connectivity index (χ4v) is 2.93. The van der Waals surface area contributed by atoms with E-state index in [1.54, 1.807) is 40.1 Å². The number of amides is 2. The summed E-state index contributed by atoms with van der Waals surface area (Å²) in [5.41, 5.74) is 0.873. The predicted octanol–water partition coefficient (Wildman–Crippen LogP) is 2.57. The lowest BCUT2D eigenvalue weighted by molar-refractivity contribution is -0.134. The van der Waals surface area contributed by atoms with Gasteiger partial charge in [0.2, 0.25) is 11.8 Å². The lowest BCUT2D eigenvalue weighted by Crippen LogP contribution is -2.42. The van der Waals surface area contributed by atoms with Gasteiger partial charge < -0.3 is 14.8 Å². The minimum absolute atomic E-state index is 0.102. The van der Waals surface area contributed by atoms with E-state index >= 15 is 0 Å². The summed E-state index contributed by atoms with van der Waals surface area (Å²) in [5.74, 6) is -0.706. The molecule has 120 valence electrons. The van der Waals surface area contributed by atoms with E-state index in [9.17, 15) is 14.0 Å². The Morgan fingerprint density at radius 1 is 1.26 bits per heavy atom. The van der Waals surface area contributed by atoms with Crippen molar-refractivity contribution >= 4 is 17.5 Å². The number of hydrogen-bond acceptors (Lipinski definition) is 2. The molecule has 1 saturated heterocycles. The summed E-state index contributed by atoms with van der Waals surface area (Å²) in [4.78, 5) is 25.5. The van der Waals surface area contributed by atoms with Crippen molar-refractivity contribution in [2.75, 3.05) is 11.9 Å². The zero-order chi connectivity index (χ0) is 16.4. The molecular formula is C17H18FN3O2. The Balaban J connectivity index is 1.79. The maximum atomic E-state index is 14.0. The summed E-state index contributed by atoms with van der Waals surface area (Å²) in [5, 5.41) is 2.79. The van der Waals surface area contributed by atoms with Crippen molar-refractivity contribution in [1.82, 2.24) is 9.47 Å². The third-order valence-electron chi connectivity index (χ3n) is 4.06. The third kappa shape index (κ3) is 3.11. The van der Waals surface area contributed by atoms with E-state index in [-0.39, 0.29) is 17.6 Å². The number of carbonyl (C=O) groups is 2. The van der Waals surface area contributed by atoms with Gasteiger partial charge in [-0.15, -0.1) is 0 Å². The van der Waals surface area contributed by atoms with Crippen LogP contribution in [0.25, 0.3) is 5.69 Å². The Morgan fingerprint density at radius 2 is 2.00 bits per heavy atom. The van der Waals surface area contributed by atoms with Gasteiger partial charge in [-0.3, -0.25) is 9.59 Å². The highest BCUT2D eigenvalue weighted by Gasteiger charge is 2.32. The summed E-state index contributed by atoms with van der Waals surface area (Å²) in [7, 11) is 0. The summed E-state index contributed by atoms with van der Waals surface area (Å²) in [6, 6.07) is 7.57. The highest BCUT2D eigenvalue weighted by atomic mass is 19.1. The molecule has 1 aliphatic heterocycles. The van der Waals surface area contributed by atoms with Crippen LogP contribution < -0.4 is 5.32 Å². The molecule has 0 radical (unpaired) electrons. The zero-order valence-corrected chi connectivity index (χ0v) is 12.8. The molecule has 0 spiro atoms. The van der Waals surface area contributed by atoms with E-state index < -0.39 is 6.04 Å². The normalized spacial score (nSPS) is 17.3. The Hall–Kier alpha value is -2.63. The van der Waals surface area contributed by atoms with Crippen LogP contribution in [0.2, 0.25) is 0 Å². The van der Waals surface area contributed by atoms with Gasteiger partial charge in [-0.25, -0.2) is 4.39 Å². The number of rotatable bonds is 3. The first-order valence-electron chi connectivity index (χ1n) is 7.57. The summed E-state index contributed by atoms with van der Waals surface area (Å²) in [6.45, 7) is 2.07. The van der Waals surface area contributed by atoms with Crippen molar-refractivity contribution in [1.29, 1.82) is 0 Å². The first-order chi connectivity index (χ1) is 11.1. The van der Waals surface area contributed by atoms with Crippen LogP contribution in [0.5, 0.6) is 0 Å². The molecule has 1 aromatic heterocycles. The Labute approximate surface area is 133 Å². The van der Waals surface area contributed by atoms with Gasteiger partial charge >= 0.3 is 0 Å². The Kier molecular flexibility index (Phi) is 4.14. The fraction of sp³-hybridized carbons (Fsp3) is 0.294. The van der Waals surface area contributed by atoms with Crippen molar-refractivity contribution in [3.63, 3.8) is 0 Å². The predicted molar refractivity (Wildman–Crippen MR) is 84.8 cm³/mol. The first-order valence-corrected chi connectivity index (χ1v) is 7.57. The van der Waals surface area contributed by atoms with Crippen LogP contribution in [0.3, 0.4) is 0 Å². The standard InChI is InChI=1S/C17H18FN3O2/c1-12(22)21-10-4-5-15(21)17(23)19-13-6-7-14(18)16(11-13)20-8-2-3-9-20/h2-3,6-9,11,15H,4-5,10H2,1H3,(H,19,23)/t15-/m1/s1. The number of anilines is 1. The molecule has 2 heterocycles. The smallest absolute Gasteiger partial charge is 0.247 e. The Bertz CT molecular complexity index is 727. The molecule has 1 aliphatic rings. The zero-order valence-electron chi connectivity index (χ0n) is 12.8. The maximum absolute atomic E-state index is 14.0. The van der Waals surface area contributed by atoms with E-state index in [0.29, 0.717) is 24.3 Å². The summed E-state index contributed by atoms with van der Waals surface area (Å²) >= 11 is 0. The maximum Gasteiger partial charge on any atom is 0.247 e. The van der Waals surface area contributed by atoms with Crippen molar-refractivity contribution in [3.05, 3.63) is 48.5 Å². The van der Waals surface area contributed by atoms with Crippen LogP contribution >= 0.6 is 0 Å². The molecule has 6 heteroatoms. The second-order valence-corrected chi connectivity index (χ2v) is 5.62. The van der Waals surface area contributed by atoms with Crippen LogP contribution in [0.1, 0.15) is 19.8 Å². The van der Waals surface area contributed by atoms with Gasteiger partial charge in [0.1, 0.15) is 11.9 Å². The minimum atomic E-state index is -0.451. The van der Waals surface area contributed by atoms with E-state index in [1.807, 2.05) is 0 Å². The first kappa shape index (κ1) is 15.3. The van der Waals surface area contributed by atoms with Crippen LogP contribution in [0, 0.1) is 5.82 Å². The molecule has 1 N–H and O–H groups in total. The van der Waals surface area contributed by atoms with Crippen molar-refractivity contribution in [3.8, 4) is 5.69 Å². The number of aromatic nitrogens is 1. The molecule has 2 amide bonds. The highest BCUT2D eigenvalue weighted by molar-refractivity contribution is 5.97. The Morgan fingerprint density at radius 3 is 2.70 bits per heavy atom. The molecular weight excluding hydrogens is 297 g/mol. The molecule has 1 fully saturated rings. The number of nitrogens with one attached hydrogen (secondary N) is 1. The van der Waals surface area contributed by atoms with Crippen molar-refractivity contribution in [2.24, 2.45) is 0 Å². The van der Waals surface area contributed by atoms with Gasteiger partial charge in [0.05, 0.1) is 5.69 Å². The van der Waals surface area contributed by atoms with Gasteiger partial charge in [-0.1, -0.05) is 0 Å². The lowest BCUT2D eigenvalue weighted by Gasteiger charge is -2.22. The number of likely N-dealkylation sites (tertiary alicyclic amines) is 1. The number of benzene rings is 1. The fourth-order valence-electron chi connectivity index (χ4n) is 2.93. The van der Waals surface area contributed by atoms with Crippen molar-refractivity contribution in [2.45, 2.75) is 25.8 Å². The van der Waals surface area contributed by atoms with Gasteiger partial charge in [-0.2, -0.15) is 0 Å². The molecule has 0 saturated carbocycles. The van der Waals surface area contributed by atoms with Gasteiger partial charge in [0.15, 0.2) is 0 Å². The number of carbonyl (C=O) groups excluding carboxylic acids is 2. The molecule has 0 bridgehead atoms. The molecule has 0 aliphatic carbocycles. The number of nitrogens with zero attached hydrogens (tertiary/aromatic N) is 2. The molecule has 1 aromatic carbocycles. The largest absolute Gasteiger partial charge is 0.331 e. The number of halogens is 1. The second kappa shape index (κ2) is 6.24. The van der Waals surface area contributed by atoms with E-state index in [0.717, 1.165) is 6.42 Å². The summed E-state index contributed by atoms with van der Waals surface area (Å²) < 4.78 is 15.6. The van der Waals surface area contributed by atoms with Gasteiger partial charge in [0.25, 0.3) is 0 Å². The summed E-state index contributed by atoms with van der Waals surface area (Å²) in [6.07, 6.45) is 4.93. The van der Waals surface area contributed by atoms with E-state index in [1.165, 1.54) is 19.1 Å². The van der Waals surface area contributed by atoms with Gasteiger partial charge in [-0.05, 0) is 43.2 Å². The molecule has 0 unspecified atom stereocenters.